The molecule has 0 saturated heterocycles. The van der Waals surface area contributed by atoms with E-state index in [1.54, 1.807) is 0 Å². The first kappa shape index (κ1) is 28.6. The summed E-state index contributed by atoms with van der Waals surface area (Å²) in [6.45, 7) is 0. The molecule has 0 unspecified atom stereocenters. The molecule has 50 heavy (non-hydrogen) atoms. The maximum atomic E-state index is 4.86. The van der Waals surface area contributed by atoms with E-state index in [9.17, 15) is 0 Å². The van der Waals surface area contributed by atoms with Crippen molar-refractivity contribution in [2.45, 2.75) is 0 Å². The summed E-state index contributed by atoms with van der Waals surface area (Å²) in [6.07, 6.45) is 0. The first-order valence-electron chi connectivity index (χ1n) is 16.8. The van der Waals surface area contributed by atoms with Crippen molar-refractivity contribution in [2.75, 3.05) is 0 Å². The van der Waals surface area contributed by atoms with E-state index in [0.717, 1.165) is 27.6 Å². The van der Waals surface area contributed by atoms with Crippen LogP contribution in [0.1, 0.15) is 0 Å². The summed E-state index contributed by atoms with van der Waals surface area (Å²) in [5.74, 6) is 0.765. The minimum absolute atomic E-state index is 0.765. The van der Waals surface area contributed by atoms with Crippen molar-refractivity contribution >= 4 is 54.9 Å². The molecule has 4 heteroatoms. The summed E-state index contributed by atoms with van der Waals surface area (Å²) in [6, 6.07) is 63.2. The molecule has 2 aromatic heterocycles. The molecule has 8 aromatic carbocycles. The van der Waals surface area contributed by atoms with E-state index in [-0.39, 0.29) is 0 Å². The van der Waals surface area contributed by atoms with E-state index >= 15 is 0 Å². The van der Waals surface area contributed by atoms with Crippen LogP contribution in [0, 0.1) is 0 Å². The molecule has 0 aliphatic carbocycles. The Morgan fingerprint density at radius 1 is 0.400 bits per heavy atom. The number of aromatic nitrogens is 3. The van der Waals surface area contributed by atoms with Crippen molar-refractivity contribution in [3.8, 4) is 49.9 Å². The number of benzene rings is 8. The van der Waals surface area contributed by atoms with Gasteiger partial charge in [0.15, 0.2) is 5.82 Å². The molecule has 0 radical (unpaired) electrons. The van der Waals surface area contributed by atoms with E-state index in [4.69, 9.17) is 4.98 Å². The maximum Gasteiger partial charge on any atom is 0.173 e. The Hall–Kier alpha value is -6.36. The maximum absolute atomic E-state index is 4.86. The van der Waals surface area contributed by atoms with Crippen LogP contribution in [0.3, 0.4) is 0 Å². The van der Waals surface area contributed by atoms with Crippen molar-refractivity contribution in [3.63, 3.8) is 0 Å². The Labute approximate surface area is 293 Å². The summed E-state index contributed by atoms with van der Waals surface area (Å²) in [4.78, 5) is 4.86. The average molecular weight is 656 g/mol. The summed E-state index contributed by atoms with van der Waals surface area (Å²) >= 11 is 1.44. The third kappa shape index (κ3) is 4.73. The summed E-state index contributed by atoms with van der Waals surface area (Å²) in [7, 11) is 0. The Bertz CT molecular complexity index is 2720. The van der Waals surface area contributed by atoms with Gasteiger partial charge in [-0.2, -0.15) is 4.37 Å². The van der Waals surface area contributed by atoms with Crippen LogP contribution in [-0.2, 0) is 0 Å². The van der Waals surface area contributed by atoms with Crippen molar-refractivity contribution in [1.29, 1.82) is 0 Å². The lowest BCUT2D eigenvalue weighted by molar-refractivity contribution is 1.18. The van der Waals surface area contributed by atoms with Gasteiger partial charge >= 0.3 is 0 Å². The van der Waals surface area contributed by atoms with Crippen LogP contribution >= 0.6 is 11.5 Å². The monoisotopic (exact) mass is 655 g/mol. The van der Waals surface area contributed by atoms with Gasteiger partial charge in [-0.3, -0.25) is 0 Å². The van der Waals surface area contributed by atoms with Gasteiger partial charge < -0.3 is 4.57 Å². The molecule has 2 heterocycles. The molecular formula is C46H29N3S. The van der Waals surface area contributed by atoms with E-state index in [0.29, 0.717) is 0 Å². The van der Waals surface area contributed by atoms with Crippen molar-refractivity contribution in [2.24, 2.45) is 0 Å². The minimum Gasteiger partial charge on any atom is -0.309 e. The van der Waals surface area contributed by atoms with Crippen LogP contribution in [0.5, 0.6) is 0 Å². The highest BCUT2D eigenvalue weighted by atomic mass is 32.1. The Balaban J connectivity index is 1.15. The summed E-state index contributed by atoms with van der Waals surface area (Å²) in [5.41, 5.74) is 10.5. The number of fused-ring (bicyclic) bond motifs is 5. The van der Waals surface area contributed by atoms with E-state index in [1.807, 2.05) is 18.2 Å². The lowest BCUT2D eigenvalue weighted by Crippen LogP contribution is -1.94. The fourth-order valence-corrected chi connectivity index (χ4v) is 8.08. The molecule has 0 N–H and O–H groups in total. The van der Waals surface area contributed by atoms with Crippen LogP contribution in [0.4, 0.5) is 0 Å². The zero-order chi connectivity index (χ0) is 33.0. The van der Waals surface area contributed by atoms with Gasteiger partial charge in [-0.05, 0) is 104 Å². The van der Waals surface area contributed by atoms with Crippen molar-refractivity contribution < 1.29 is 0 Å². The molecule has 0 saturated carbocycles. The largest absolute Gasteiger partial charge is 0.309 e. The molecule has 10 rings (SSSR count). The lowest BCUT2D eigenvalue weighted by atomic mass is 9.95. The van der Waals surface area contributed by atoms with Crippen LogP contribution in [0.15, 0.2) is 176 Å². The van der Waals surface area contributed by atoms with Crippen LogP contribution in [0.2, 0.25) is 0 Å². The van der Waals surface area contributed by atoms with E-state index < -0.39 is 0 Å². The minimum atomic E-state index is 0.765. The average Bonchev–Trinajstić information content (AvgIpc) is 3.81. The number of hydrogen-bond donors (Lipinski definition) is 0. The van der Waals surface area contributed by atoms with Gasteiger partial charge in [0.25, 0.3) is 0 Å². The molecular weight excluding hydrogens is 627 g/mol. The van der Waals surface area contributed by atoms with Gasteiger partial charge in [0.1, 0.15) is 5.01 Å². The molecule has 0 amide bonds. The van der Waals surface area contributed by atoms with Crippen LogP contribution in [0.25, 0.3) is 93.3 Å². The highest BCUT2D eigenvalue weighted by Crippen LogP contribution is 2.40. The Morgan fingerprint density at radius 2 is 0.920 bits per heavy atom. The zero-order valence-corrected chi connectivity index (χ0v) is 27.8. The molecule has 3 nitrogen and oxygen atoms in total. The molecule has 0 spiro atoms. The van der Waals surface area contributed by atoms with E-state index in [2.05, 4.69) is 167 Å². The number of hydrogen-bond acceptors (Lipinski definition) is 3. The predicted molar refractivity (Wildman–Crippen MR) is 211 cm³/mol. The van der Waals surface area contributed by atoms with Gasteiger partial charge in [-0.25, -0.2) is 4.98 Å². The zero-order valence-electron chi connectivity index (χ0n) is 27.0. The first-order valence-corrected chi connectivity index (χ1v) is 17.6. The predicted octanol–water partition coefficient (Wildman–Crippen LogP) is 12.6. The second-order valence-electron chi connectivity index (χ2n) is 12.7. The lowest BCUT2D eigenvalue weighted by Gasteiger charge is -2.10. The Kier molecular flexibility index (Phi) is 6.68. The van der Waals surface area contributed by atoms with Crippen LogP contribution in [-0.4, -0.2) is 13.9 Å². The van der Waals surface area contributed by atoms with E-state index in [1.165, 1.54) is 77.1 Å². The fourth-order valence-electron chi connectivity index (χ4n) is 7.39. The topological polar surface area (TPSA) is 30.7 Å². The van der Waals surface area contributed by atoms with Gasteiger partial charge in [0.05, 0.1) is 11.0 Å². The molecule has 0 bridgehead atoms. The third-order valence-electron chi connectivity index (χ3n) is 9.80. The van der Waals surface area contributed by atoms with Gasteiger partial charge in [-0.1, -0.05) is 127 Å². The van der Waals surface area contributed by atoms with Gasteiger partial charge in [0.2, 0.25) is 0 Å². The summed E-state index contributed by atoms with van der Waals surface area (Å²) in [5, 5.41) is 8.39. The normalized spacial score (nSPS) is 11.6. The van der Waals surface area contributed by atoms with Gasteiger partial charge in [0, 0.05) is 27.6 Å². The second kappa shape index (κ2) is 11.7. The quantitative estimate of drug-likeness (QED) is 0.185. The second-order valence-corrected chi connectivity index (χ2v) is 13.4. The smallest absolute Gasteiger partial charge is 0.173 e. The van der Waals surface area contributed by atoms with Crippen molar-refractivity contribution in [1.82, 2.24) is 13.9 Å². The SMILES string of the molecule is c1ccc(-c2nsc(-c3ccc(-n4c5ccc(-c6cccc7ccccc67)cc5c5cc(-c6cccc7ccccc67)ccc54)cc3)n2)cc1. The third-order valence-corrected chi connectivity index (χ3v) is 10.6. The highest BCUT2D eigenvalue weighted by molar-refractivity contribution is 7.09. The Morgan fingerprint density at radius 3 is 1.52 bits per heavy atom. The first-order chi connectivity index (χ1) is 24.8. The molecule has 0 atom stereocenters. The van der Waals surface area contributed by atoms with Gasteiger partial charge in [-0.15, -0.1) is 0 Å². The molecule has 234 valence electrons. The molecule has 0 aliphatic rings. The van der Waals surface area contributed by atoms with Crippen LogP contribution < -0.4 is 0 Å². The number of nitrogens with zero attached hydrogens (tertiary/aromatic N) is 3. The molecule has 10 aromatic rings. The highest BCUT2D eigenvalue weighted by Gasteiger charge is 2.17. The number of rotatable bonds is 5. The summed E-state index contributed by atoms with van der Waals surface area (Å²) < 4.78 is 7.04. The molecule has 0 fully saturated rings. The fraction of sp³-hybridized carbons (Fsp3) is 0. The molecule has 0 aliphatic heterocycles. The standard InChI is InChI=1S/C46H29N3S/c1-2-12-32(13-3-1)45-47-46(50-48-45)33-20-24-36(25-21-33)49-43-26-22-34(39-18-8-14-30-10-4-6-16-37(30)39)28-41(43)42-29-35(23-27-44(42)49)40-19-9-15-31-11-5-7-17-38(31)40/h1-29H. The van der Waals surface area contributed by atoms with Crippen molar-refractivity contribution in [3.05, 3.63) is 176 Å².